The number of anilines is 1. The maximum atomic E-state index is 13.8. The lowest BCUT2D eigenvalue weighted by atomic mass is 9.71. The summed E-state index contributed by atoms with van der Waals surface area (Å²) in [6, 6.07) is 7.87. The molecule has 9 nitrogen and oxygen atoms in total. The van der Waals surface area contributed by atoms with Crippen LogP contribution in [0, 0.1) is 0 Å². The van der Waals surface area contributed by atoms with Crippen molar-refractivity contribution in [1.29, 1.82) is 0 Å². The van der Waals surface area contributed by atoms with Gasteiger partial charge in [0.05, 0.1) is 7.11 Å². The Morgan fingerprint density at radius 2 is 2.03 bits per heavy atom. The second kappa shape index (κ2) is 6.49. The quantitative estimate of drug-likeness (QED) is 0.715. The second-order valence-electron chi connectivity index (χ2n) is 6.54. The van der Waals surface area contributed by atoms with E-state index >= 15 is 0 Å². The van der Waals surface area contributed by atoms with E-state index in [2.05, 4.69) is 0 Å². The Bertz CT molecular complexity index is 1130. The summed E-state index contributed by atoms with van der Waals surface area (Å²) in [5.41, 5.74) is 4.18. The van der Waals surface area contributed by atoms with Gasteiger partial charge in [-0.15, -0.1) is 0 Å². The second-order valence-corrected chi connectivity index (χ2v) is 6.54. The summed E-state index contributed by atoms with van der Waals surface area (Å²) in [5, 5.41) is 9.53. The highest BCUT2D eigenvalue weighted by molar-refractivity contribution is 6.18. The lowest BCUT2D eigenvalue weighted by molar-refractivity contribution is -0.138. The van der Waals surface area contributed by atoms with Crippen LogP contribution in [0.1, 0.15) is 24.0 Å². The van der Waals surface area contributed by atoms with Crippen molar-refractivity contribution in [2.24, 2.45) is 5.73 Å². The van der Waals surface area contributed by atoms with Crippen LogP contribution in [0.3, 0.4) is 0 Å². The van der Waals surface area contributed by atoms with E-state index in [4.69, 9.17) is 19.6 Å². The molecular formula is C20H18N2O7. The van der Waals surface area contributed by atoms with E-state index in [1.807, 2.05) is 0 Å². The van der Waals surface area contributed by atoms with Crippen LogP contribution in [0.5, 0.6) is 5.75 Å². The summed E-state index contributed by atoms with van der Waals surface area (Å²) >= 11 is 0. The van der Waals surface area contributed by atoms with Gasteiger partial charge in [0, 0.05) is 23.9 Å². The molecule has 1 aromatic heterocycles. The number of aliphatic hydroxyl groups excluding tert-OH is 1. The molecule has 1 spiro atoms. The summed E-state index contributed by atoms with van der Waals surface area (Å²) in [6.07, 6.45) is 0. The number of esters is 1. The predicted octanol–water partition coefficient (Wildman–Crippen LogP) is 0.520. The van der Waals surface area contributed by atoms with Crippen LogP contribution in [0.2, 0.25) is 0 Å². The molecule has 3 heterocycles. The number of ether oxygens (including phenoxy) is 2. The summed E-state index contributed by atoms with van der Waals surface area (Å²) < 4.78 is 16.0. The van der Waals surface area contributed by atoms with Gasteiger partial charge in [0.2, 0.25) is 17.1 Å². The van der Waals surface area contributed by atoms with Crippen molar-refractivity contribution < 1.29 is 28.6 Å². The van der Waals surface area contributed by atoms with Gasteiger partial charge < -0.3 is 29.6 Å². The van der Waals surface area contributed by atoms with E-state index in [0.29, 0.717) is 17.8 Å². The zero-order valence-corrected chi connectivity index (χ0v) is 15.7. The van der Waals surface area contributed by atoms with E-state index in [1.165, 1.54) is 4.90 Å². The highest BCUT2D eigenvalue weighted by Crippen LogP contribution is 2.54. The Balaban J connectivity index is 2.20. The first-order valence-electron chi connectivity index (χ1n) is 8.87. The van der Waals surface area contributed by atoms with E-state index < -0.39 is 35.2 Å². The lowest BCUT2D eigenvalue weighted by Gasteiger charge is -2.34. The third-order valence-electron chi connectivity index (χ3n) is 5.16. The molecule has 29 heavy (non-hydrogen) atoms. The van der Waals surface area contributed by atoms with Crippen molar-refractivity contribution in [1.82, 2.24) is 0 Å². The Kier molecular flexibility index (Phi) is 4.20. The number of fused-ring (bicyclic) bond motifs is 4. The molecule has 0 fully saturated rings. The molecule has 1 unspecified atom stereocenters. The van der Waals surface area contributed by atoms with Crippen molar-refractivity contribution in [3.05, 3.63) is 69.1 Å². The third-order valence-corrected chi connectivity index (χ3v) is 5.16. The number of hydrogen-bond donors (Lipinski definition) is 2. The van der Waals surface area contributed by atoms with Crippen LogP contribution in [0.4, 0.5) is 5.69 Å². The van der Waals surface area contributed by atoms with Gasteiger partial charge in [-0.1, -0.05) is 18.2 Å². The summed E-state index contributed by atoms with van der Waals surface area (Å²) in [6.45, 7) is 1.49. The first kappa shape index (κ1) is 18.8. The monoisotopic (exact) mass is 398 g/mol. The van der Waals surface area contributed by atoms with E-state index in [1.54, 1.807) is 31.2 Å². The molecule has 9 heteroatoms. The number of likely N-dealkylation sites (N-methyl/N-ethyl adjacent to an activating group) is 1. The minimum absolute atomic E-state index is 0.0818. The predicted molar refractivity (Wildman–Crippen MR) is 100 cm³/mol. The summed E-state index contributed by atoms with van der Waals surface area (Å²) in [4.78, 5) is 40.6. The number of para-hydroxylation sites is 1. The van der Waals surface area contributed by atoms with Gasteiger partial charge in [0.1, 0.15) is 17.9 Å². The first-order chi connectivity index (χ1) is 13.9. The van der Waals surface area contributed by atoms with Crippen molar-refractivity contribution in [2.75, 3.05) is 18.6 Å². The van der Waals surface area contributed by atoms with Crippen molar-refractivity contribution in [3.63, 3.8) is 0 Å². The highest BCUT2D eigenvalue weighted by atomic mass is 16.5. The van der Waals surface area contributed by atoms with Gasteiger partial charge in [-0.05, 0) is 13.0 Å². The van der Waals surface area contributed by atoms with Crippen LogP contribution < -0.4 is 20.8 Å². The molecule has 4 rings (SSSR count). The van der Waals surface area contributed by atoms with Crippen molar-refractivity contribution in [3.8, 4) is 5.75 Å². The lowest BCUT2D eigenvalue weighted by Crippen LogP contribution is -2.49. The molecule has 0 bridgehead atoms. The van der Waals surface area contributed by atoms with Gasteiger partial charge >= 0.3 is 5.97 Å². The van der Waals surface area contributed by atoms with Gasteiger partial charge in [-0.2, -0.15) is 0 Å². The third kappa shape index (κ3) is 2.27. The molecule has 1 atom stereocenters. The number of nitrogens with zero attached hydrogens (tertiary/aromatic N) is 1. The smallest absolute Gasteiger partial charge is 0.341 e. The fraction of sp³-hybridized carbons (Fsp3) is 0.250. The number of carbonyl (C=O) groups excluding carboxylic acids is 2. The van der Waals surface area contributed by atoms with Crippen LogP contribution in [0.15, 0.2) is 51.0 Å². The highest BCUT2D eigenvalue weighted by Gasteiger charge is 2.63. The van der Waals surface area contributed by atoms with Crippen molar-refractivity contribution in [2.45, 2.75) is 18.9 Å². The molecule has 2 aliphatic rings. The standard InChI is InChI=1S/C20H18N2O7/c1-3-22-12-7-5-4-6-11(12)20(19(22)26)14(18(25)27-2)17(21)29-15-13(24)8-10(9-23)28-16(15)20/h4-8,23H,3,9,21H2,1-2H3. The van der Waals surface area contributed by atoms with Crippen molar-refractivity contribution >= 4 is 17.6 Å². The molecule has 3 N–H and O–H groups in total. The van der Waals surface area contributed by atoms with Gasteiger partial charge in [-0.25, -0.2) is 4.79 Å². The molecular weight excluding hydrogens is 380 g/mol. The Labute approximate surface area is 164 Å². The van der Waals surface area contributed by atoms with Crippen LogP contribution in [-0.2, 0) is 26.3 Å². The number of rotatable bonds is 3. The zero-order valence-electron chi connectivity index (χ0n) is 15.7. The molecule has 1 amide bonds. The number of carbonyl (C=O) groups is 2. The summed E-state index contributed by atoms with van der Waals surface area (Å²) in [5.74, 6) is -2.46. The maximum Gasteiger partial charge on any atom is 0.341 e. The molecule has 150 valence electrons. The van der Waals surface area contributed by atoms with Crippen LogP contribution in [0.25, 0.3) is 0 Å². The fourth-order valence-electron chi connectivity index (χ4n) is 4.00. The molecule has 0 radical (unpaired) electrons. The number of amides is 1. The summed E-state index contributed by atoms with van der Waals surface area (Å²) in [7, 11) is 1.15. The molecule has 2 aliphatic heterocycles. The molecule has 1 aromatic carbocycles. The number of nitrogens with two attached hydrogens (primary N) is 1. The average Bonchev–Trinajstić information content (AvgIpc) is 2.97. The molecule has 0 saturated carbocycles. The largest absolute Gasteiger partial charge is 0.465 e. The normalized spacial score (nSPS) is 19.8. The van der Waals surface area contributed by atoms with Gasteiger partial charge in [-0.3, -0.25) is 9.59 Å². The SMILES string of the molecule is CCN1C(=O)C2(C(C(=O)OC)=C(N)Oc3c2oc(CO)cc3=O)c2ccccc21. The molecule has 0 saturated heterocycles. The fourth-order valence-corrected chi connectivity index (χ4v) is 4.00. The minimum Gasteiger partial charge on any atom is -0.465 e. The average molecular weight is 398 g/mol. The van der Waals surface area contributed by atoms with E-state index in [-0.39, 0.29) is 22.8 Å². The Morgan fingerprint density at radius 3 is 2.69 bits per heavy atom. The number of methoxy groups -OCH3 is 1. The topological polar surface area (TPSA) is 132 Å². The Morgan fingerprint density at radius 1 is 1.31 bits per heavy atom. The van der Waals surface area contributed by atoms with Crippen LogP contribution >= 0.6 is 0 Å². The van der Waals surface area contributed by atoms with Gasteiger partial charge in [0.15, 0.2) is 11.2 Å². The first-order valence-corrected chi connectivity index (χ1v) is 8.87. The maximum absolute atomic E-state index is 13.8. The number of aliphatic hydroxyl groups is 1. The van der Waals surface area contributed by atoms with E-state index in [0.717, 1.165) is 13.2 Å². The zero-order chi connectivity index (χ0) is 20.9. The minimum atomic E-state index is -1.87. The van der Waals surface area contributed by atoms with Crippen LogP contribution in [-0.4, -0.2) is 30.6 Å². The molecule has 0 aliphatic carbocycles. The number of hydrogen-bond acceptors (Lipinski definition) is 8. The van der Waals surface area contributed by atoms with Gasteiger partial charge in [0.25, 0.3) is 5.91 Å². The number of benzene rings is 1. The molecule has 2 aromatic rings. The van der Waals surface area contributed by atoms with E-state index in [9.17, 15) is 19.5 Å². The Hall–Kier alpha value is -3.59.